The van der Waals surface area contributed by atoms with Crippen molar-refractivity contribution in [1.29, 1.82) is 0 Å². The van der Waals surface area contributed by atoms with Crippen molar-refractivity contribution in [2.24, 2.45) is 0 Å². The standard InChI is InChI=1S/C18H13Cl2N3O3S.C2HF3O2/c19-15-9-4-12(11-16(15)20)18(24)22-13-5-7-14(8-6-13)27(25,26)23-17-3-1-2-10-21-17;3-2(4,5)1(6)7/h1-11H,(H,21,23)(H,22,24);(H,6,7). The molecule has 0 aliphatic heterocycles. The van der Waals surface area contributed by atoms with Crippen LogP contribution in [-0.4, -0.2) is 36.6 Å². The van der Waals surface area contributed by atoms with Gasteiger partial charge in [0.25, 0.3) is 15.9 Å². The number of halogens is 5. The SMILES string of the molecule is O=C(Nc1ccc(S(=O)(=O)Nc2ccccn2)cc1)c1ccc(Cl)c(Cl)c1.O=C(O)C(F)(F)F. The number of alkyl halides is 3. The first-order valence-electron chi connectivity index (χ1n) is 8.90. The molecule has 1 heterocycles. The zero-order chi connectivity index (χ0) is 25.5. The Balaban J connectivity index is 0.000000509. The van der Waals surface area contributed by atoms with Gasteiger partial charge in [0.15, 0.2) is 0 Å². The molecule has 3 N–H and O–H groups in total. The Morgan fingerprint density at radius 2 is 1.56 bits per heavy atom. The van der Waals surface area contributed by atoms with Crippen molar-refractivity contribution in [3.8, 4) is 0 Å². The molecule has 3 rings (SSSR count). The normalized spacial score (nSPS) is 11.1. The lowest BCUT2D eigenvalue weighted by atomic mass is 10.2. The third kappa shape index (κ3) is 7.90. The van der Waals surface area contributed by atoms with E-state index in [0.717, 1.165) is 0 Å². The molecule has 0 spiro atoms. The minimum absolute atomic E-state index is 0.0423. The molecule has 0 aliphatic rings. The van der Waals surface area contributed by atoms with E-state index in [1.165, 1.54) is 42.6 Å². The van der Waals surface area contributed by atoms with Crippen LogP contribution in [-0.2, 0) is 14.8 Å². The number of hydrogen-bond acceptors (Lipinski definition) is 5. The predicted octanol–water partition coefficient (Wildman–Crippen LogP) is 5.07. The van der Waals surface area contributed by atoms with E-state index < -0.39 is 28.1 Å². The molecule has 14 heteroatoms. The zero-order valence-electron chi connectivity index (χ0n) is 16.7. The van der Waals surface area contributed by atoms with Crippen LogP contribution in [0.4, 0.5) is 24.7 Å². The lowest BCUT2D eigenvalue weighted by molar-refractivity contribution is -0.192. The van der Waals surface area contributed by atoms with E-state index in [1.54, 1.807) is 24.3 Å². The van der Waals surface area contributed by atoms with Gasteiger partial charge in [-0.3, -0.25) is 9.52 Å². The number of carbonyl (C=O) groups excluding carboxylic acids is 1. The first kappa shape index (κ1) is 26.9. The van der Waals surface area contributed by atoms with Crippen LogP contribution in [0.3, 0.4) is 0 Å². The van der Waals surface area contributed by atoms with E-state index in [9.17, 15) is 26.4 Å². The Labute approximate surface area is 201 Å². The Morgan fingerprint density at radius 3 is 2.06 bits per heavy atom. The van der Waals surface area contributed by atoms with Crippen molar-refractivity contribution in [3.05, 3.63) is 82.5 Å². The van der Waals surface area contributed by atoms with Crippen LogP contribution in [0.1, 0.15) is 10.4 Å². The summed E-state index contributed by atoms with van der Waals surface area (Å²) in [4.78, 5) is 25.1. The molecule has 180 valence electrons. The molecule has 1 amide bonds. The van der Waals surface area contributed by atoms with Crippen LogP contribution in [0, 0.1) is 0 Å². The number of aromatic nitrogens is 1. The topological polar surface area (TPSA) is 125 Å². The van der Waals surface area contributed by atoms with Gasteiger partial charge in [-0.15, -0.1) is 0 Å². The van der Waals surface area contributed by atoms with Gasteiger partial charge in [0.05, 0.1) is 14.9 Å². The quantitative estimate of drug-likeness (QED) is 0.418. The molecule has 3 aromatic rings. The Kier molecular flexibility index (Phi) is 8.85. The number of sulfonamides is 1. The summed E-state index contributed by atoms with van der Waals surface area (Å²) in [6.07, 6.45) is -3.60. The third-order valence-electron chi connectivity index (χ3n) is 3.75. The van der Waals surface area contributed by atoms with Gasteiger partial charge in [-0.25, -0.2) is 18.2 Å². The second-order valence-corrected chi connectivity index (χ2v) is 8.73. The largest absolute Gasteiger partial charge is 0.490 e. The van der Waals surface area contributed by atoms with Crippen molar-refractivity contribution < 1.29 is 36.3 Å². The van der Waals surface area contributed by atoms with Crippen molar-refractivity contribution in [3.63, 3.8) is 0 Å². The molecule has 0 saturated heterocycles. The number of amides is 1. The Bertz CT molecular complexity index is 1270. The average molecular weight is 536 g/mol. The van der Waals surface area contributed by atoms with Gasteiger partial charge in [0, 0.05) is 17.4 Å². The summed E-state index contributed by atoms with van der Waals surface area (Å²) in [5.74, 6) is -2.93. The molecular weight excluding hydrogens is 522 g/mol. The van der Waals surface area contributed by atoms with Crippen LogP contribution in [0.2, 0.25) is 10.0 Å². The van der Waals surface area contributed by atoms with Gasteiger partial charge in [-0.1, -0.05) is 29.3 Å². The van der Waals surface area contributed by atoms with E-state index in [1.807, 2.05) is 0 Å². The van der Waals surface area contributed by atoms with Gasteiger partial charge in [0.2, 0.25) is 0 Å². The summed E-state index contributed by atoms with van der Waals surface area (Å²) < 4.78 is 58.8. The summed E-state index contributed by atoms with van der Waals surface area (Å²) in [7, 11) is -3.78. The van der Waals surface area contributed by atoms with Gasteiger partial charge in [-0.2, -0.15) is 13.2 Å². The highest BCUT2D eigenvalue weighted by atomic mass is 35.5. The van der Waals surface area contributed by atoms with Gasteiger partial charge in [0.1, 0.15) is 5.82 Å². The van der Waals surface area contributed by atoms with Crippen LogP contribution < -0.4 is 10.0 Å². The van der Waals surface area contributed by atoms with Gasteiger partial charge in [-0.05, 0) is 54.6 Å². The monoisotopic (exact) mass is 535 g/mol. The number of carboxylic acid groups (broad SMARTS) is 1. The smallest absolute Gasteiger partial charge is 0.475 e. The summed E-state index contributed by atoms with van der Waals surface area (Å²) in [5, 5.41) is 10.4. The lowest BCUT2D eigenvalue weighted by Crippen LogP contribution is -2.21. The number of benzene rings is 2. The van der Waals surface area contributed by atoms with Crippen molar-refractivity contribution in [1.82, 2.24) is 4.98 Å². The number of carboxylic acids is 1. The molecule has 0 radical (unpaired) electrons. The number of rotatable bonds is 5. The number of pyridine rings is 1. The molecule has 8 nitrogen and oxygen atoms in total. The lowest BCUT2D eigenvalue weighted by Gasteiger charge is -2.09. The van der Waals surface area contributed by atoms with Crippen LogP contribution in [0.5, 0.6) is 0 Å². The number of hydrogen-bond donors (Lipinski definition) is 3. The van der Waals surface area contributed by atoms with Crippen LogP contribution >= 0.6 is 23.2 Å². The van der Waals surface area contributed by atoms with Gasteiger partial charge >= 0.3 is 12.1 Å². The van der Waals surface area contributed by atoms with Crippen molar-refractivity contribution in [2.75, 3.05) is 10.0 Å². The Morgan fingerprint density at radius 1 is 0.941 bits per heavy atom. The molecule has 34 heavy (non-hydrogen) atoms. The minimum atomic E-state index is -5.08. The number of nitrogens with zero attached hydrogens (tertiary/aromatic N) is 1. The predicted molar refractivity (Wildman–Crippen MR) is 120 cm³/mol. The second-order valence-electron chi connectivity index (χ2n) is 6.23. The van der Waals surface area contributed by atoms with Crippen LogP contribution in [0.25, 0.3) is 0 Å². The van der Waals surface area contributed by atoms with E-state index in [2.05, 4.69) is 15.0 Å². The maximum absolute atomic E-state index is 12.4. The molecule has 0 fully saturated rings. The molecule has 1 aromatic heterocycles. The molecule has 0 saturated carbocycles. The minimum Gasteiger partial charge on any atom is -0.475 e. The fourth-order valence-electron chi connectivity index (χ4n) is 2.18. The van der Waals surface area contributed by atoms with E-state index in [0.29, 0.717) is 16.3 Å². The fourth-order valence-corrected chi connectivity index (χ4v) is 3.48. The number of anilines is 2. The average Bonchev–Trinajstić information content (AvgIpc) is 2.76. The number of aliphatic carboxylic acids is 1. The van der Waals surface area contributed by atoms with Crippen LogP contribution in [0.15, 0.2) is 71.8 Å². The molecule has 0 bridgehead atoms. The molecule has 0 atom stereocenters. The maximum atomic E-state index is 12.4. The zero-order valence-corrected chi connectivity index (χ0v) is 19.0. The highest BCUT2D eigenvalue weighted by molar-refractivity contribution is 7.92. The first-order chi connectivity index (χ1) is 15.8. The fraction of sp³-hybridized carbons (Fsp3) is 0.0500. The van der Waals surface area contributed by atoms with Crippen molar-refractivity contribution >= 4 is 56.6 Å². The third-order valence-corrected chi connectivity index (χ3v) is 5.86. The summed E-state index contributed by atoms with van der Waals surface area (Å²) in [6, 6.07) is 15.2. The number of carbonyl (C=O) groups is 2. The second kappa shape index (κ2) is 11.2. The molecule has 0 unspecified atom stereocenters. The summed E-state index contributed by atoms with van der Waals surface area (Å²) in [6.45, 7) is 0. The highest BCUT2D eigenvalue weighted by Crippen LogP contribution is 2.23. The van der Waals surface area contributed by atoms with E-state index in [-0.39, 0.29) is 15.7 Å². The van der Waals surface area contributed by atoms with E-state index >= 15 is 0 Å². The summed E-state index contributed by atoms with van der Waals surface area (Å²) in [5.41, 5.74) is 0.765. The molecular formula is C20H14Cl2F3N3O5S. The van der Waals surface area contributed by atoms with Crippen molar-refractivity contribution in [2.45, 2.75) is 11.1 Å². The van der Waals surface area contributed by atoms with Gasteiger partial charge < -0.3 is 10.4 Å². The Hall–Kier alpha value is -3.35. The highest BCUT2D eigenvalue weighted by Gasteiger charge is 2.38. The maximum Gasteiger partial charge on any atom is 0.490 e. The first-order valence-corrected chi connectivity index (χ1v) is 11.1. The summed E-state index contributed by atoms with van der Waals surface area (Å²) >= 11 is 11.7. The van der Waals surface area contributed by atoms with E-state index in [4.69, 9.17) is 33.1 Å². The molecule has 2 aromatic carbocycles. The molecule has 0 aliphatic carbocycles. The number of nitrogens with one attached hydrogen (secondary N) is 2.